The van der Waals surface area contributed by atoms with E-state index in [0.29, 0.717) is 13.0 Å². The smallest absolute Gasteiger partial charge is 0.248 e. The summed E-state index contributed by atoms with van der Waals surface area (Å²) in [6.45, 7) is 5.25. The minimum Gasteiger partial charge on any atom is -0.331 e. The topological polar surface area (TPSA) is 36.4 Å². The van der Waals surface area contributed by atoms with E-state index in [2.05, 4.69) is 20.2 Å². The second-order valence-electron chi connectivity index (χ2n) is 8.35. The Labute approximate surface area is 157 Å². The van der Waals surface area contributed by atoms with Crippen molar-refractivity contribution in [2.24, 2.45) is 5.92 Å². The molecule has 0 unspecified atom stereocenters. The number of nitrogens with zero attached hydrogens (tertiary/aromatic N) is 3. The number of aryl methyl sites for hydroxylation is 1. The average Bonchev–Trinajstić information content (AvgIpc) is 3.01. The summed E-state index contributed by atoms with van der Waals surface area (Å²) in [7, 11) is 0. The number of halogens is 2. The van der Waals surface area contributed by atoms with Crippen LogP contribution < -0.4 is 0 Å². The van der Waals surface area contributed by atoms with Gasteiger partial charge < -0.3 is 9.80 Å². The Hall–Kier alpha value is -1.08. The molecule has 7 heteroatoms. The lowest BCUT2D eigenvalue weighted by Crippen LogP contribution is -2.46. The predicted octanol–water partition coefficient (Wildman–Crippen LogP) is 3.84. The van der Waals surface area contributed by atoms with Crippen LogP contribution in [0.3, 0.4) is 0 Å². The molecule has 4 rings (SSSR count). The van der Waals surface area contributed by atoms with Gasteiger partial charge in [-0.3, -0.25) is 4.79 Å². The zero-order valence-electron chi connectivity index (χ0n) is 15.3. The third kappa shape index (κ3) is 3.65. The van der Waals surface area contributed by atoms with Crippen LogP contribution in [0, 0.1) is 12.8 Å². The molecular weight excluding hydrogens is 356 g/mol. The number of hydrogen-bond acceptors (Lipinski definition) is 4. The molecule has 0 N–H and O–H groups in total. The highest BCUT2D eigenvalue weighted by molar-refractivity contribution is 7.09. The van der Waals surface area contributed by atoms with Crippen molar-refractivity contribution in [1.82, 2.24) is 14.8 Å². The quantitative estimate of drug-likeness (QED) is 0.793. The van der Waals surface area contributed by atoms with E-state index in [1.807, 2.05) is 6.92 Å². The van der Waals surface area contributed by atoms with Crippen LogP contribution in [0.15, 0.2) is 5.38 Å². The van der Waals surface area contributed by atoms with E-state index in [0.717, 1.165) is 56.0 Å². The van der Waals surface area contributed by atoms with E-state index in [-0.39, 0.29) is 30.2 Å². The van der Waals surface area contributed by atoms with Gasteiger partial charge in [0.25, 0.3) is 0 Å². The monoisotopic (exact) mass is 383 g/mol. The third-order valence-electron chi connectivity index (χ3n) is 6.37. The van der Waals surface area contributed by atoms with E-state index in [9.17, 15) is 13.6 Å². The molecule has 0 radical (unpaired) electrons. The predicted molar refractivity (Wildman–Crippen MR) is 97.3 cm³/mol. The lowest BCUT2D eigenvalue weighted by molar-refractivity contribution is -0.132. The second kappa shape index (κ2) is 6.82. The van der Waals surface area contributed by atoms with Gasteiger partial charge in [-0.2, -0.15) is 0 Å². The van der Waals surface area contributed by atoms with Gasteiger partial charge in [0.1, 0.15) is 0 Å². The summed E-state index contributed by atoms with van der Waals surface area (Å²) in [5.74, 6) is -2.06. The van der Waals surface area contributed by atoms with Gasteiger partial charge in [-0.15, -0.1) is 11.3 Å². The Balaban J connectivity index is 1.40. The van der Waals surface area contributed by atoms with Crippen molar-refractivity contribution in [3.63, 3.8) is 0 Å². The number of carbonyl (C=O) groups excluding carboxylic acids is 1. The lowest BCUT2D eigenvalue weighted by Gasteiger charge is -2.39. The van der Waals surface area contributed by atoms with Crippen LogP contribution in [0.1, 0.15) is 55.6 Å². The molecule has 0 aromatic carbocycles. The van der Waals surface area contributed by atoms with Crippen molar-refractivity contribution in [2.75, 3.05) is 19.6 Å². The fourth-order valence-electron chi connectivity index (χ4n) is 4.99. The number of likely N-dealkylation sites (tertiary alicyclic amines) is 2. The molecule has 2 aliphatic heterocycles. The minimum atomic E-state index is -2.43. The van der Waals surface area contributed by atoms with Crippen molar-refractivity contribution in [2.45, 2.75) is 69.9 Å². The van der Waals surface area contributed by atoms with Gasteiger partial charge in [-0.05, 0) is 45.1 Å². The van der Waals surface area contributed by atoms with E-state index in [1.165, 1.54) is 0 Å². The maximum atomic E-state index is 13.1. The fourth-order valence-corrected chi connectivity index (χ4v) is 5.59. The summed E-state index contributed by atoms with van der Waals surface area (Å²) in [4.78, 5) is 21.5. The molecule has 3 heterocycles. The van der Waals surface area contributed by atoms with E-state index in [4.69, 9.17) is 0 Å². The van der Waals surface area contributed by atoms with Gasteiger partial charge in [0.15, 0.2) is 0 Å². The maximum absolute atomic E-state index is 13.1. The molecule has 144 valence electrons. The molecule has 1 aromatic rings. The molecule has 1 spiro atoms. The van der Waals surface area contributed by atoms with Gasteiger partial charge in [-0.1, -0.05) is 0 Å². The van der Waals surface area contributed by atoms with Crippen LogP contribution in [0.2, 0.25) is 0 Å². The third-order valence-corrected chi connectivity index (χ3v) is 7.19. The molecule has 2 saturated heterocycles. The summed E-state index contributed by atoms with van der Waals surface area (Å²) in [5, 5.41) is 3.08. The Bertz CT molecular complexity index is 671. The van der Waals surface area contributed by atoms with Crippen LogP contribution in [0.25, 0.3) is 0 Å². The molecule has 1 atom stereocenters. The first kappa shape index (κ1) is 18.3. The van der Waals surface area contributed by atoms with Crippen molar-refractivity contribution in [3.8, 4) is 0 Å². The number of carbonyl (C=O) groups is 1. The molecule has 1 aliphatic carbocycles. The molecule has 3 fully saturated rings. The van der Waals surface area contributed by atoms with Crippen LogP contribution >= 0.6 is 11.3 Å². The van der Waals surface area contributed by atoms with Crippen LogP contribution in [-0.2, 0) is 11.3 Å². The molecule has 4 nitrogen and oxygen atoms in total. The number of rotatable bonds is 4. The fraction of sp³-hybridized carbons (Fsp3) is 0.789. The highest BCUT2D eigenvalue weighted by Gasteiger charge is 2.48. The number of thiazole rings is 1. The van der Waals surface area contributed by atoms with Gasteiger partial charge in [-0.25, -0.2) is 13.8 Å². The minimum absolute atomic E-state index is 0.0441. The molecule has 0 bridgehead atoms. The first-order valence-electron chi connectivity index (χ1n) is 9.67. The standard InChI is InChI=1S/C19H27F2N3OS/c1-14-22-16(13-26-14)12-24-17(25)3-5-18(24)4-2-7-23(8-6-18)11-15-9-19(20,21)10-15/h13,15H,2-12H2,1H3/t18-/m1/s1. The van der Waals surface area contributed by atoms with Gasteiger partial charge >= 0.3 is 0 Å². The normalized spacial score (nSPS) is 30.0. The molecule has 3 aliphatic rings. The highest BCUT2D eigenvalue weighted by atomic mass is 32.1. The van der Waals surface area contributed by atoms with Crippen molar-refractivity contribution in [1.29, 1.82) is 0 Å². The van der Waals surface area contributed by atoms with E-state index in [1.54, 1.807) is 11.3 Å². The molecule has 1 aromatic heterocycles. The zero-order valence-corrected chi connectivity index (χ0v) is 16.2. The summed E-state index contributed by atoms with van der Waals surface area (Å²) >= 11 is 1.63. The Morgan fingerprint density at radius 3 is 2.77 bits per heavy atom. The summed E-state index contributed by atoms with van der Waals surface area (Å²) < 4.78 is 26.2. The number of aromatic nitrogens is 1. The van der Waals surface area contributed by atoms with Gasteiger partial charge in [0.2, 0.25) is 11.8 Å². The SMILES string of the molecule is Cc1nc(CN2C(=O)CC[C@@]23CCCN(CC2CC(F)(F)C2)CC3)cs1. The van der Waals surface area contributed by atoms with Gasteiger partial charge in [0.05, 0.1) is 17.2 Å². The molecule has 1 saturated carbocycles. The van der Waals surface area contributed by atoms with Gasteiger partial charge in [0, 0.05) is 43.3 Å². The maximum Gasteiger partial charge on any atom is 0.248 e. The Morgan fingerprint density at radius 1 is 1.27 bits per heavy atom. The van der Waals surface area contributed by atoms with Crippen LogP contribution in [0.4, 0.5) is 8.78 Å². The molecule has 26 heavy (non-hydrogen) atoms. The largest absolute Gasteiger partial charge is 0.331 e. The average molecular weight is 384 g/mol. The number of alkyl halides is 2. The Morgan fingerprint density at radius 2 is 2.08 bits per heavy atom. The van der Waals surface area contributed by atoms with E-state index >= 15 is 0 Å². The summed E-state index contributed by atoms with van der Waals surface area (Å²) in [6, 6.07) is 0. The van der Waals surface area contributed by atoms with Crippen molar-refractivity contribution in [3.05, 3.63) is 16.1 Å². The van der Waals surface area contributed by atoms with Crippen LogP contribution in [0.5, 0.6) is 0 Å². The Kier molecular flexibility index (Phi) is 4.80. The number of hydrogen-bond donors (Lipinski definition) is 0. The number of amides is 1. The lowest BCUT2D eigenvalue weighted by atomic mass is 9.81. The summed E-state index contributed by atoms with van der Waals surface area (Å²) in [5.41, 5.74) is 0.923. The van der Waals surface area contributed by atoms with Crippen molar-refractivity contribution < 1.29 is 13.6 Å². The highest BCUT2D eigenvalue weighted by Crippen LogP contribution is 2.44. The zero-order chi connectivity index (χ0) is 18.4. The first-order valence-corrected chi connectivity index (χ1v) is 10.5. The first-order chi connectivity index (χ1) is 12.4. The molecule has 1 amide bonds. The summed E-state index contributed by atoms with van der Waals surface area (Å²) in [6.07, 6.45) is 4.63. The van der Waals surface area contributed by atoms with Crippen LogP contribution in [-0.4, -0.2) is 51.8 Å². The van der Waals surface area contributed by atoms with E-state index < -0.39 is 5.92 Å². The second-order valence-corrected chi connectivity index (χ2v) is 9.41. The van der Waals surface area contributed by atoms with Crippen molar-refractivity contribution >= 4 is 17.2 Å². The molecular formula is C19H27F2N3OS.